The number of hydrogen-bond donors (Lipinski definition) is 3. The zero-order valence-corrected chi connectivity index (χ0v) is 12.8. The van der Waals surface area contributed by atoms with Crippen LogP contribution in [0.2, 0.25) is 0 Å². The molecule has 1 aromatic carbocycles. The summed E-state index contributed by atoms with van der Waals surface area (Å²) in [5, 5.41) is 12.3. The molecule has 4 heteroatoms. The van der Waals surface area contributed by atoms with Crippen molar-refractivity contribution >= 4 is 5.91 Å². The van der Waals surface area contributed by atoms with Gasteiger partial charge in [-0.25, -0.2) is 0 Å². The highest BCUT2D eigenvalue weighted by atomic mass is 16.3. The third kappa shape index (κ3) is 4.62. The second kappa shape index (κ2) is 6.37. The van der Waals surface area contributed by atoms with Crippen molar-refractivity contribution in [3.05, 3.63) is 35.9 Å². The lowest BCUT2D eigenvalue weighted by molar-refractivity contribution is -0.126. The van der Waals surface area contributed by atoms with Crippen LogP contribution in [0.1, 0.15) is 39.7 Å². The van der Waals surface area contributed by atoms with Gasteiger partial charge >= 0.3 is 0 Å². The van der Waals surface area contributed by atoms with Gasteiger partial charge in [0.05, 0.1) is 6.10 Å². The summed E-state index contributed by atoms with van der Waals surface area (Å²) < 4.78 is 0. The van der Waals surface area contributed by atoms with Gasteiger partial charge in [0, 0.05) is 6.54 Å². The molecule has 112 valence electrons. The Morgan fingerprint density at radius 3 is 2.35 bits per heavy atom. The first-order valence-electron chi connectivity index (χ1n) is 6.96. The fourth-order valence-electron chi connectivity index (χ4n) is 2.29. The molecule has 1 aromatic rings. The minimum atomic E-state index is -1.05. The van der Waals surface area contributed by atoms with E-state index in [1.165, 1.54) is 0 Å². The minimum Gasteiger partial charge on any atom is -0.393 e. The number of amides is 1. The minimum absolute atomic E-state index is 0.170. The van der Waals surface area contributed by atoms with Gasteiger partial charge in [-0.1, -0.05) is 44.2 Å². The fourth-order valence-corrected chi connectivity index (χ4v) is 2.29. The molecule has 4 N–H and O–H groups in total. The SMILES string of the molecule is CC(O)CC(C)(C)CNC(=O)C(C)(N)c1ccccc1. The molecule has 0 spiro atoms. The number of nitrogens with two attached hydrogens (primary N) is 1. The monoisotopic (exact) mass is 278 g/mol. The number of nitrogens with one attached hydrogen (secondary N) is 1. The van der Waals surface area contributed by atoms with Crippen LogP contribution in [0.3, 0.4) is 0 Å². The van der Waals surface area contributed by atoms with Gasteiger partial charge in [0.15, 0.2) is 0 Å². The Balaban J connectivity index is 2.67. The molecule has 0 aromatic heterocycles. The van der Waals surface area contributed by atoms with E-state index in [-0.39, 0.29) is 17.4 Å². The van der Waals surface area contributed by atoms with Crippen LogP contribution in [-0.4, -0.2) is 23.7 Å². The van der Waals surface area contributed by atoms with E-state index in [9.17, 15) is 9.90 Å². The highest BCUT2D eigenvalue weighted by Gasteiger charge is 2.31. The first-order valence-corrected chi connectivity index (χ1v) is 6.96. The smallest absolute Gasteiger partial charge is 0.244 e. The Hall–Kier alpha value is -1.39. The highest BCUT2D eigenvalue weighted by Crippen LogP contribution is 2.22. The lowest BCUT2D eigenvalue weighted by Crippen LogP contribution is -2.51. The number of aliphatic hydroxyl groups excluding tert-OH is 1. The molecule has 0 radical (unpaired) electrons. The molecule has 20 heavy (non-hydrogen) atoms. The Morgan fingerprint density at radius 2 is 1.85 bits per heavy atom. The van der Waals surface area contributed by atoms with E-state index in [4.69, 9.17) is 5.73 Å². The molecule has 1 amide bonds. The summed E-state index contributed by atoms with van der Waals surface area (Å²) in [5.74, 6) is -0.206. The lowest BCUT2D eigenvalue weighted by atomic mass is 9.86. The summed E-state index contributed by atoms with van der Waals surface area (Å²) in [4.78, 5) is 12.3. The van der Waals surface area contributed by atoms with Crippen molar-refractivity contribution in [3.63, 3.8) is 0 Å². The van der Waals surface area contributed by atoms with Crippen molar-refractivity contribution in [2.24, 2.45) is 11.1 Å². The molecule has 2 unspecified atom stereocenters. The van der Waals surface area contributed by atoms with Gasteiger partial charge in [-0.3, -0.25) is 4.79 Å². The second-order valence-corrected chi connectivity index (χ2v) is 6.47. The van der Waals surface area contributed by atoms with Crippen LogP contribution in [0.25, 0.3) is 0 Å². The fraction of sp³-hybridized carbons (Fsp3) is 0.562. The summed E-state index contributed by atoms with van der Waals surface area (Å²) >= 11 is 0. The van der Waals surface area contributed by atoms with E-state index in [0.717, 1.165) is 5.56 Å². The Bertz CT molecular complexity index is 439. The average molecular weight is 278 g/mol. The Morgan fingerprint density at radius 1 is 1.30 bits per heavy atom. The van der Waals surface area contributed by atoms with Gasteiger partial charge in [0.2, 0.25) is 5.91 Å². The number of benzene rings is 1. The normalized spacial score (nSPS) is 16.3. The van der Waals surface area contributed by atoms with Gasteiger partial charge in [-0.05, 0) is 31.2 Å². The third-order valence-electron chi connectivity index (χ3n) is 3.42. The van der Waals surface area contributed by atoms with E-state index in [1.54, 1.807) is 13.8 Å². The Labute approximate surface area is 121 Å². The van der Waals surface area contributed by atoms with E-state index in [2.05, 4.69) is 5.32 Å². The van der Waals surface area contributed by atoms with Crippen molar-refractivity contribution in [2.75, 3.05) is 6.54 Å². The second-order valence-electron chi connectivity index (χ2n) is 6.47. The van der Waals surface area contributed by atoms with Crippen molar-refractivity contribution < 1.29 is 9.90 Å². The molecular formula is C16H26N2O2. The number of carbonyl (C=O) groups is 1. The summed E-state index contributed by atoms with van der Waals surface area (Å²) in [6.45, 7) is 7.96. The molecule has 0 bridgehead atoms. The maximum atomic E-state index is 12.3. The highest BCUT2D eigenvalue weighted by molar-refractivity contribution is 5.87. The summed E-state index contributed by atoms with van der Waals surface area (Å²) in [6.07, 6.45) is 0.236. The lowest BCUT2D eigenvalue weighted by Gasteiger charge is -2.30. The van der Waals surface area contributed by atoms with Crippen LogP contribution < -0.4 is 11.1 Å². The van der Waals surface area contributed by atoms with Crippen molar-refractivity contribution in [1.29, 1.82) is 0 Å². The van der Waals surface area contributed by atoms with Crippen LogP contribution in [0.4, 0.5) is 0 Å². The van der Waals surface area contributed by atoms with Crippen molar-refractivity contribution in [2.45, 2.75) is 45.8 Å². The predicted octanol–water partition coefficient (Wildman–Crippen LogP) is 1.77. The average Bonchev–Trinajstić information content (AvgIpc) is 2.35. The van der Waals surface area contributed by atoms with Crippen molar-refractivity contribution in [1.82, 2.24) is 5.32 Å². The van der Waals surface area contributed by atoms with E-state index in [0.29, 0.717) is 13.0 Å². The summed E-state index contributed by atoms with van der Waals surface area (Å²) in [6, 6.07) is 9.32. The molecule has 0 fully saturated rings. The number of carbonyl (C=O) groups excluding carboxylic acids is 1. The van der Waals surface area contributed by atoms with Crippen LogP contribution in [0.5, 0.6) is 0 Å². The maximum absolute atomic E-state index is 12.3. The summed E-state index contributed by atoms with van der Waals surface area (Å²) in [7, 11) is 0. The molecular weight excluding hydrogens is 252 g/mol. The third-order valence-corrected chi connectivity index (χ3v) is 3.42. The number of aliphatic hydroxyl groups is 1. The molecule has 2 atom stereocenters. The van der Waals surface area contributed by atoms with E-state index >= 15 is 0 Å². The van der Waals surface area contributed by atoms with E-state index in [1.807, 2.05) is 44.2 Å². The van der Waals surface area contributed by atoms with Gasteiger partial charge in [0.1, 0.15) is 5.54 Å². The van der Waals surface area contributed by atoms with E-state index < -0.39 is 5.54 Å². The number of rotatable bonds is 6. The maximum Gasteiger partial charge on any atom is 0.244 e. The summed E-state index contributed by atoms with van der Waals surface area (Å²) in [5.41, 5.74) is 5.71. The van der Waals surface area contributed by atoms with Gasteiger partial charge in [-0.15, -0.1) is 0 Å². The van der Waals surface area contributed by atoms with Gasteiger partial charge in [0.25, 0.3) is 0 Å². The standard InChI is InChI=1S/C16H26N2O2/c1-12(19)10-15(2,3)11-18-14(20)16(4,17)13-8-6-5-7-9-13/h5-9,12,19H,10-11,17H2,1-4H3,(H,18,20). The van der Waals surface area contributed by atoms with Crippen LogP contribution >= 0.6 is 0 Å². The van der Waals surface area contributed by atoms with Crippen molar-refractivity contribution in [3.8, 4) is 0 Å². The zero-order valence-electron chi connectivity index (χ0n) is 12.8. The van der Waals surface area contributed by atoms with Crippen LogP contribution in [0.15, 0.2) is 30.3 Å². The molecule has 0 aliphatic carbocycles. The zero-order chi connectivity index (χ0) is 15.4. The molecule has 0 saturated heterocycles. The molecule has 0 aliphatic heterocycles. The Kier molecular flexibility index (Phi) is 5.31. The molecule has 1 rings (SSSR count). The van der Waals surface area contributed by atoms with Gasteiger partial charge in [-0.2, -0.15) is 0 Å². The molecule has 0 heterocycles. The first-order chi connectivity index (χ1) is 9.15. The first kappa shape index (κ1) is 16.7. The quantitative estimate of drug-likeness (QED) is 0.742. The molecule has 0 saturated carbocycles. The topological polar surface area (TPSA) is 75.3 Å². The number of hydrogen-bond acceptors (Lipinski definition) is 3. The van der Waals surface area contributed by atoms with Crippen LogP contribution in [-0.2, 0) is 10.3 Å². The van der Waals surface area contributed by atoms with Gasteiger partial charge < -0.3 is 16.2 Å². The van der Waals surface area contributed by atoms with Crippen LogP contribution in [0, 0.1) is 5.41 Å². The largest absolute Gasteiger partial charge is 0.393 e. The predicted molar refractivity (Wildman–Crippen MR) is 81.1 cm³/mol. The molecule has 4 nitrogen and oxygen atoms in total. The molecule has 0 aliphatic rings.